The molecular formula is C15H19ClO. The van der Waals surface area contributed by atoms with Crippen LogP contribution in [0.25, 0.3) is 0 Å². The maximum absolute atomic E-state index is 11.1. The van der Waals surface area contributed by atoms with Gasteiger partial charge in [0.25, 0.3) is 0 Å². The molecule has 1 saturated carbocycles. The van der Waals surface area contributed by atoms with Crippen LogP contribution in [0.2, 0.25) is 0 Å². The van der Waals surface area contributed by atoms with Crippen LogP contribution < -0.4 is 0 Å². The number of aryl methyl sites for hydroxylation is 1. The fraction of sp³-hybridized carbons (Fsp3) is 0.533. The smallest absolute Gasteiger partial charge is 0.224 e. The van der Waals surface area contributed by atoms with Crippen LogP contribution in [0.1, 0.15) is 49.7 Å². The highest BCUT2D eigenvalue weighted by atomic mass is 35.5. The molecule has 0 spiro atoms. The van der Waals surface area contributed by atoms with E-state index in [2.05, 4.69) is 31.2 Å². The molecule has 0 radical (unpaired) electrons. The van der Waals surface area contributed by atoms with Gasteiger partial charge in [-0.2, -0.15) is 0 Å². The number of hydrogen-bond donors (Lipinski definition) is 0. The molecule has 1 nitrogen and oxygen atoms in total. The van der Waals surface area contributed by atoms with Crippen molar-refractivity contribution in [1.29, 1.82) is 0 Å². The van der Waals surface area contributed by atoms with E-state index in [9.17, 15) is 4.79 Å². The summed E-state index contributed by atoms with van der Waals surface area (Å²) in [6.45, 7) is 2.20. The highest BCUT2D eigenvalue weighted by molar-refractivity contribution is 6.64. The van der Waals surface area contributed by atoms with Crippen LogP contribution in [-0.2, 0) is 11.2 Å². The summed E-state index contributed by atoms with van der Waals surface area (Å²) in [5.41, 5.74) is 2.77. The first-order valence-electron chi connectivity index (χ1n) is 6.49. The molecule has 0 aromatic heterocycles. The van der Waals surface area contributed by atoms with Gasteiger partial charge in [-0.3, -0.25) is 4.79 Å². The largest absolute Gasteiger partial charge is 0.281 e. The van der Waals surface area contributed by atoms with Gasteiger partial charge in [0.05, 0.1) is 0 Å². The maximum Gasteiger partial charge on any atom is 0.224 e. The van der Waals surface area contributed by atoms with Crippen LogP contribution in [0.5, 0.6) is 0 Å². The van der Waals surface area contributed by atoms with Crippen molar-refractivity contribution in [3.05, 3.63) is 35.4 Å². The molecular weight excluding hydrogens is 232 g/mol. The van der Waals surface area contributed by atoms with Crippen LogP contribution in [0.15, 0.2) is 24.3 Å². The zero-order valence-electron chi connectivity index (χ0n) is 10.3. The third-order valence-corrected chi connectivity index (χ3v) is 4.05. The van der Waals surface area contributed by atoms with Crippen LogP contribution in [0.4, 0.5) is 0 Å². The fourth-order valence-corrected chi connectivity index (χ4v) is 2.93. The van der Waals surface area contributed by atoms with Gasteiger partial charge in [-0.15, -0.1) is 0 Å². The van der Waals surface area contributed by atoms with Gasteiger partial charge in [0.1, 0.15) is 0 Å². The van der Waals surface area contributed by atoms with E-state index in [1.807, 2.05) is 0 Å². The highest BCUT2D eigenvalue weighted by Gasteiger charge is 2.29. The Balaban J connectivity index is 2.01. The lowest BCUT2D eigenvalue weighted by molar-refractivity contribution is -0.114. The molecule has 1 fully saturated rings. The van der Waals surface area contributed by atoms with Crippen LogP contribution >= 0.6 is 11.6 Å². The first-order chi connectivity index (χ1) is 8.20. The molecule has 0 N–H and O–H groups in total. The molecule has 2 atom stereocenters. The first kappa shape index (κ1) is 12.6. The van der Waals surface area contributed by atoms with E-state index in [1.54, 1.807) is 0 Å². The van der Waals surface area contributed by atoms with Gasteiger partial charge in [0, 0.05) is 5.92 Å². The van der Waals surface area contributed by atoms with E-state index < -0.39 is 0 Å². The Bertz CT molecular complexity index is 382. The highest BCUT2D eigenvalue weighted by Crippen LogP contribution is 2.39. The number of hydrogen-bond acceptors (Lipinski definition) is 1. The number of carbonyl (C=O) groups is 1. The second kappa shape index (κ2) is 5.68. The SMILES string of the molecule is CCCc1ccc(C2CCC(C(=O)Cl)C2)cc1. The van der Waals surface area contributed by atoms with E-state index >= 15 is 0 Å². The molecule has 2 unspecified atom stereocenters. The summed E-state index contributed by atoms with van der Waals surface area (Å²) in [6, 6.07) is 8.87. The third-order valence-electron chi connectivity index (χ3n) is 3.74. The number of benzene rings is 1. The van der Waals surface area contributed by atoms with E-state index in [0.717, 1.165) is 25.7 Å². The zero-order valence-corrected chi connectivity index (χ0v) is 11.0. The Kier molecular flexibility index (Phi) is 4.22. The van der Waals surface area contributed by atoms with Crippen LogP contribution in [0.3, 0.4) is 0 Å². The summed E-state index contributed by atoms with van der Waals surface area (Å²) in [5, 5.41) is -0.157. The average Bonchev–Trinajstić information content (AvgIpc) is 2.80. The van der Waals surface area contributed by atoms with Crippen molar-refractivity contribution in [3.63, 3.8) is 0 Å². The van der Waals surface area contributed by atoms with Crippen molar-refractivity contribution in [1.82, 2.24) is 0 Å². The predicted octanol–water partition coefficient (Wildman–Crippen LogP) is 4.29. The molecule has 0 bridgehead atoms. The topological polar surface area (TPSA) is 17.1 Å². The minimum atomic E-state index is -0.157. The monoisotopic (exact) mass is 250 g/mol. The van der Waals surface area contributed by atoms with Gasteiger partial charge >= 0.3 is 0 Å². The lowest BCUT2D eigenvalue weighted by Gasteiger charge is -2.10. The zero-order chi connectivity index (χ0) is 12.3. The Labute approximate surface area is 108 Å². The van der Waals surface area contributed by atoms with Gasteiger partial charge < -0.3 is 0 Å². The Morgan fingerprint density at radius 3 is 2.53 bits per heavy atom. The van der Waals surface area contributed by atoms with Crippen molar-refractivity contribution >= 4 is 16.8 Å². The van der Waals surface area contributed by atoms with E-state index in [4.69, 9.17) is 11.6 Å². The molecule has 2 rings (SSSR count). The molecule has 92 valence electrons. The summed E-state index contributed by atoms with van der Waals surface area (Å²) in [4.78, 5) is 11.1. The average molecular weight is 251 g/mol. The summed E-state index contributed by atoms with van der Waals surface area (Å²) in [5.74, 6) is 0.607. The van der Waals surface area contributed by atoms with Gasteiger partial charge in [-0.1, -0.05) is 37.6 Å². The van der Waals surface area contributed by atoms with Crippen molar-refractivity contribution in [2.45, 2.75) is 44.9 Å². The molecule has 0 amide bonds. The lowest BCUT2D eigenvalue weighted by atomic mass is 9.95. The summed E-state index contributed by atoms with van der Waals surface area (Å²) in [6.07, 6.45) is 5.30. The molecule has 0 saturated heterocycles. The number of halogens is 1. The molecule has 1 aromatic carbocycles. The molecule has 17 heavy (non-hydrogen) atoms. The number of carbonyl (C=O) groups excluding carboxylic acids is 1. The van der Waals surface area contributed by atoms with E-state index in [0.29, 0.717) is 5.92 Å². The molecule has 1 aromatic rings. The van der Waals surface area contributed by atoms with Gasteiger partial charge in [0.2, 0.25) is 5.24 Å². The van der Waals surface area contributed by atoms with Gasteiger partial charge in [-0.05, 0) is 54.3 Å². The Morgan fingerprint density at radius 1 is 1.29 bits per heavy atom. The second-order valence-corrected chi connectivity index (χ2v) is 5.38. The lowest BCUT2D eigenvalue weighted by Crippen LogP contribution is -2.03. The second-order valence-electron chi connectivity index (χ2n) is 5.00. The Morgan fingerprint density at radius 2 is 2.00 bits per heavy atom. The standard InChI is InChI=1S/C15H19ClO/c1-2-3-11-4-6-12(7-5-11)13-8-9-14(10-13)15(16)17/h4-7,13-14H,2-3,8-10H2,1H3. The fourth-order valence-electron chi connectivity index (χ4n) is 2.74. The summed E-state index contributed by atoms with van der Waals surface area (Å²) >= 11 is 5.56. The third kappa shape index (κ3) is 3.10. The molecule has 0 aliphatic heterocycles. The molecule has 1 aliphatic rings. The first-order valence-corrected chi connectivity index (χ1v) is 6.86. The number of rotatable bonds is 4. The van der Waals surface area contributed by atoms with Gasteiger partial charge in [-0.25, -0.2) is 0 Å². The Hall–Kier alpha value is -0.820. The van der Waals surface area contributed by atoms with Crippen molar-refractivity contribution in [2.24, 2.45) is 5.92 Å². The molecule has 0 heterocycles. The molecule has 2 heteroatoms. The minimum Gasteiger partial charge on any atom is -0.281 e. The van der Waals surface area contributed by atoms with Gasteiger partial charge in [0.15, 0.2) is 0 Å². The van der Waals surface area contributed by atoms with Crippen molar-refractivity contribution in [2.75, 3.05) is 0 Å². The van der Waals surface area contributed by atoms with Crippen molar-refractivity contribution in [3.8, 4) is 0 Å². The predicted molar refractivity (Wildman–Crippen MR) is 71.4 cm³/mol. The van der Waals surface area contributed by atoms with E-state index in [-0.39, 0.29) is 11.2 Å². The summed E-state index contributed by atoms with van der Waals surface area (Å²) < 4.78 is 0. The van der Waals surface area contributed by atoms with Crippen LogP contribution in [0, 0.1) is 5.92 Å². The maximum atomic E-state index is 11.1. The van der Waals surface area contributed by atoms with E-state index in [1.165, 1.54) is 17.5 Å². The van der Waals surface area contributed by atoms with Crippen molar-refractivity contribution < 1.29 is 4.79 Å². The summed E-state index contributed by atoms with van der Waals surface area (Å²) in [7, 11) is 0. The minimum absolute atomic E-state index is 0.0805. The molecule has 1 aliphatic carbocycles. The quantitative estimate of drug-likeness (QED) is 0.729. The van der Waals surface area contributed by atoms with Crippen LogP contribution in [-0.4, -0.2) is 5.24 Å². The normalized spacial score (nSPS) is 23.9.